The van der Waals surface area contributed by atoms with Gasteiger partial charge in [0.15, 0.2) is 0 Å². The number of amides is 1. The van der Waals surface area contributed by atoms with Crippen LogP contribution in [0.25, 0.3) is 0 Å². The first-order valence-electron chi connectivity index (χ1n) is 4.44. The molecule has 0 saturated heterocycles. The SMILES string of the molecule is CCONC(=O)CNCC1CC1. The molecule has 0 aromatic carbocycles. The maximum Gasteiger partial charge on any atom is 0.257 e. The third-order valence-corrected chi connectivity index (χ3v) is 1.75. The number of hydrogen-bond donors (Lipinski definition) is 2. The van der Waals surface area contributed by atoms with Gasteiger partial charge in [-0.3, -0.25) is 9.63 Å². The van der Waals surface area contributed by atoms with Crippen LogP contribution >= 0.6 is 0 Å². The molecule has 1 aliphatic rings. The van der Waals surface area contributed by atoms with Crippen molar-refractivity contribution >= 4 is 5.91 Å². The molecule has 0 atom stereocenters. The Balaban J connectivity index is 1.86. The Hall–Kier alpha value is -0.610. The van der Waals surface area contributed by atoms with E-state index in [1.807, 2.05) is 6.92 Å². The summed E-state index contributed by atoms with van der Waals surface area (Å²) in [6, 6.07) is 0. The van der Waals surface area contributed by atoms with Crippen molar-refractivity contribution in [1.82, 2.24) is 10.8 Å². The number of nitrogens with one attached hydrogen (secondary N) is 2. The van der Waals surface area contributed by atoms with Gasteiger partial charge in [0.05, 0.1) is 13.2 Å². The third kappa shape index (κ3) is 4.31. The molecule has 0 aliphatic heterocycles. The second-order valence-electron chi connectivity index (χ2n) is 3.03. The Bertz CT molecular complexity index is 146. The number of hydrogen-bond acceptors (Lipinski definition) is 3. The van der Waals surface area contributed by atoms with Crippen LogP contribution < -0.4 is 10.8 Å². The minimum Gasteiger partial charge on any atom is -0.308 e. The molecular weight excluding hydrogens is 156 g/mol. The van der Waals surface area contributed by atoms with Crippen LogP contribution in [0.15, 0.2) is 0 Å². The van der Waals surface area contributed by atoms with Gasteiger partial charge in [0.1, 0.15) is 0 Å². The van der Waals surface area contributed by atoms with Crippen LogP contribution in [0.5, 0.6) is 0 Å². The Kier molecular flexibility index (Phi) is 4.04. The van der Waals surface area contributed by atoms with Gasteiger partial charge in [0.2, 0.25) is 0 Å². The predicted molar refractivity (Wildman–Crippen MR) is 45.4 cm³/mol. The van der Waals surface area contributed by atoms with E-state index in [1.165, 1.54) is 12.8 Å². The van der Waals surface area contributed by atoms with Gasteiger partial charge in [-0.05, 0) is 32.2 Å². The second kappa shape index (κ2) is 5.11. The third-order valence-electron chi connectivity index (χ3n) is 1.75. The van der Waals surface area contributed by atoms with Crippen LogP contribution in [0.3, 0.4) is 0 Å². The lowest BCUT2D eigenvalue weighted by atomic mass is 10.4. The highest BCUT2D eigenvalue weighted by molar-refractivity contribution is 5.76. The topological polar surface area (TPSA) is 50.4 Å². The zero-order valence-electron chi connectivity index (χ0n) is 7.43. The average Bonchev–Trinajstić information content (AvgIpc) is 2.84. The molecule has 12 heavy (non-hydrogen) atoms. The number of carbonyl (C=O) groups excluding carboxylic acids is 1. The highest BCUT2D eigenvalue weighted by atomic mass is 16.6. The summed E-state index contributed by atoms with van der Waals surface area (Å²) >= 11 is 0. The summed E-state index contributed by atoms with van der Waals surface area (Å²) in [4.78, 5) is 15.6. The molecule has 1 fully saturated rings. The molecule has 4 heteroatoms. The van der Waals surface area contributed by atoms with Crippen LogP contribution in [-0.4, -0.2) is 25.6 Å². The van der Waals surface area contributed by atoms with Crippen molar-refractivity contribution in [2.75, 3.05) is 19.7 Å². The van der Waals surface area contributed by atoms with Crippen LogP contribution in [0, 0.1) is 5.92 Å². The van der Waals surface area contributed by atoms with Gasteiger partial charge < -0.3 is 5.32 Å². The molecule has 2 N–H and O–H groups in total. The summed E-state index contributed by atoms with van der Waals surface area (Å²) < 4.78 is 0. The number of rotatable bonds is 6. The average molecular weight is 172 g/mol. The normalized spacial score (nSPS) is 16.1. The molecule has 70 valence electrons. The fourth-order valence-electron chi connectivity index (χ4n) is 0.901. The van der Waals surface area contributed by atoms with E-state index in [1.54, 1.807) is 0 Å². The molecule has 0 aromatic rings. The first-order valence-corrected chi connectivity index (χ1v) is 4.44. The zero-order chi connectivity index (χ0) is 8.81. The van der Waals surface area contributed by atoms with Crippen LogP contribution in [0.4, 0.5) is 0 Å². The smallest absolute Gasteiger partial charge is 0.257 e. The highest BCUT2D eigenvalue weighted by Crippen LogP contribution is 2.27. The minimum atomic E-state index is -0.0995. The Morgan fingerprint density at radius 2 is 2.33 bits per heavy atom. The molecule has 0 unspecified atom stereocenters. The van der Waals surface area contributed by atoms with Crippen molar-refractivity contribution in [3.63, 3.8) is 0 Å². The Morgan fingerprint density at radius 3 is 2.92 bits per heavy atom. The standard InChI is InChI=1S/C8H16N2O2/c1-2-12-10-8(11)6-9-5-7-3-4-7/h7,9H,2-6H2,1H3,(H,10,11). The van der Waals surface area contributed by atoms with Crippen molar-refractivity contribution < 1.29 is 9.63 Å². The Morgan fingerprint density at radius 1 is 1.58 bits per heavy atom. The number of hydroxylamine groups is 1. The molecule has 0 radical (unpaired) electrons. The lowest BCUT2D eigenvalue weighted by Crippen LogP contribution is -2.34. The molecule has 0 heterocycles. The van der Waals surface area contributed by atoms with Gasteiger partial charge in [0, 0.05) is 0 Å². The molecule has 1 aliphatic carbocycles. The van der Waals surface area contributed by atoms with Crippen molar-refractivity contribution in [1.29, 1.82) is 0 Å². The van der Waals surface area contributed by atoms with Crippen molar-refractivity contribution in [3.8, 4) is 0 Å². The van der Waals surface area contributed by atoms with E-state index < -0.39 is 0 Å². The number of carbonyl (C=O) groups is 1. The van der Waals surface area contributed by atoms with E-state index >= 15 is 0 Å². The van der Waals surface area contributed by atoms with Crippen molar-refractivity contribution in [3.05, 3.63) is 0 Å². The first-order chi connectivity index (χ1) is 5.83. The van der Waals surface area contributed by atoms with Crippen LogP contribution in [0.1, 0.15) is 19.8 Å². The summed E-state index contributed by atoms with van der Waals surface area (Å²) in [5.74, 6) is 0.711. The summed E-state index contributed by atoms with van der Waals surface area (Å²) in [5.41, 5.74) is 2.33. The summed E-state index contributed by atoms with van der Waals surface area (Å²) in [5, 5.41) is 3.06. The van der Waals surface area contributed by atoms with E-state index in [0.717, 1.165) is 12.5 Å². The zero-order valence-corrected chi connectivity index (χ0v) is 7.43. The first kappa shape index (κ1) is 9.48. The van der Waals surface area contributed by atoms with Crippen molar-refractivity contribution in [2.24, 2.45) is 5.92 Å². The van der Waals surface area contributed by atoms with Crippen molar-refractivity contribution in [2.45, 2.75) is 19.8 Å². The maximum absolute atomic E-state index is 10.9. The maximum atomic E-state index is 10.9. The van der Waals surface area contributed by atoms with E-state index in [0.29, 0.717) is 13.2 Å². The minimum absolute atomic E-state index is 0.0995. The lowest BCUT2D eigenvalue weighted by molar-refractivity contribution is -0.132. The van der Waals surface area contributed by atoms with Gasteiger partial charge in [-0.1, -0.05) is 0 Å². The summed E-state index contributed by atoms with van der Waals surface area (Å²) in [7, 11) is 0. The van der Waals surface area contributed by atoms with Gasteiger partial charge in [-0.2, -0.15) is 0 Å². The van der Waals surface area contributed by atoms with Crippen LogP contribution in [0.2, 0.25) is 0 Å². The van der Waals surface area contributed by atoms with E-state index in [4.69, 9.17) is 4.84 Å². The lowest BCUT2D eigenvalue weighted by Gasteiger charge is -2.04. The van der Waals surface area contributed by atoms with Gasteiger partial charge in [-0.25, -0.2) is 5.48 Å². The highest BCUT2D eigenvalue weighted by Gasteiger charge is 2.20. The summed E-state index contributed by atoms with van der Waals surface area (Å²) in [6.45, 7) is 3.66. The monoisotopic (exact) mass is 172 g/mol. The van der Waals surface area contributed by atoms with Gasteiger partial charge in [-0.15, -0.1) is 0 Å². The summed E-state index contributed by atoms with van der Waals surface area (Å²) in [6.07, 6.45) is 2.61. The molecular formula is C8H16N2O2. The largest absolute Gasteiger partial charge is 0.308 e. The quantitative estimate of drug-likeness (QED) is 0.557. The van der Waals surface area contributed by atoms with Crippen LogP contribution in [-0.2, 0) is 9.63 Å². The fraction of sp³-hybridized carbons (Fsp3) is 0.875. The molecule has 1 saturated carbocycles. The molecule has 1 amide bonds. The molecule has 0 aromatic heterocycles. The van der Waals surface area contributed by atoms with Gasteiger partial charge >= 0.3 is 0 Å². The molecule has 0 spiro atoms. The Labute approximate surface area is 72.6 Å². The molecule has 0 bridgehead atoms. The second-order valence-corrected chi connectivity index (χ2v) is 3.03. The van der Waals surface area contributed by atoms with E-state index in [9.17, 15) is 4.79 Å². The van der Waals surface area contributed by atoms with E-state index in [-0.39, 0.29) is 5.91 Å². The van der Waals surface area contributed by atoms with Gasteiger partial charge in [0.25, 0.3) is 5.91 Å². The predicted octanol–water partition coefficient (Wildman–Crippen LogP) is 0.0537. The molecule has 4 nitrogen and oxygen atoms in total. The molecule has 1 rings (SSSR count). The van der Waals surface area contributed by atoms with E-state index in [2.05, 4.69) is 10.8 Å². The fourth-order valence-corrected chi connectivity index (χ4v) is 0.901.